The maximum Gasteiger partial charge on any atom is 0.281 e. The molecule has 0 bridgehead atoms. The predicted molar refractivity (Wildman–Crippen MR) is 116 cm³/mol. The third-order valence-corrected chi connectivity index (χ3v) is 6.08. The fourth-order valence-electron chi connectivity index (χ4n) is 3.48. The molecular formula is C22H29BrN2O. The maximum absolute atomic E-state index is 12.5. The summed E-state index contributed by atoms with van der Waals surface area (Å²) in [6, 6.07) is 5.78. The maximum atomic E-state index is 12.5. The van der Waals surface area contributed by atoms with Crippen LogP contribution in [0.25, 0.3) is 16.6 Å². The van der Waals surface area contributed by atoms with Gasteiger partial charge >= 0.3 is 0 Å². The molecule has 140 valence electrons. The zero-order valence-corrected chi connectivity index (χ0v) is 18.1. The number of nitrogens with zero attached hydrogens (tertiary/aromatic N) is 2. The summed E-state index contributed by atoms with van der Waals surface area (Å²) in [5.41, 5.74) is 2.72. The Bertz CT molecular complexity index is 908. The second-order valence-electron chi connectivity index (χ2n) is 6.96. The molecule has 0 N–H and O–H groups in total. The Kier molecular flexibility index (Phi) is 6.62. The Morgan fingerprint density at radius 2 is 1.92 bits per heavy atom. The average Bonchev–Trinajstić information content (AvgIpc) is 2.84. The van der Waals surface area contributed by atoms with Crippen molar-refractivity contribution in [1.82, 2.24) is 9.55 Å². The van der Waals surface area contributed by atoms with Gasteiger partial charge in [0.25, 0.3) is 5.56 Å². The molecule has 1 aliphatic rings. The largest absolute Gasteiger partial charge is 0.297 e. The lowest BCUT2D eigenvalue weighted by molar-refractivity contribution is 0.515. The van der Waals surface area contributed by atoms with Gasteiger partial charge in [0.1, 0.15) is 5.82 Å². The molecule has 2 heterocycles. The minimum atomic E-state index is -0.223. The third-order valence-electron chi connectivity index (χ3n) is 5.42. The van der Waals surface area contributed by atoms with Crippen molar-refractivity contribution in [2.24, 2.45) is 0 Å². The van der Waals surface area contributed by atoms with E-state index in [1.807, 2.05) is 24.3 Å². The van der Waals surface area contributed by atoms with Gasteiger partial charge in [-0.15, -0.1) is 0 Å². The topological polar surface area (TPSA) is 34.9 Å². The molecular weight excluding hydrogens is 388 g/mol. The molecule has 0 fully saturated rings. The Hall–Kier alpha value is -1.68. The fourth-order valence-corrected chi connectivity index (χ4v) is 4.01. The van der Waals surface area contributed by atoms with Crippen LogP contribution in [0.2, 0.25) is 0 Å². The zero-order chi connectivity index (χ0) is 19.5. The van der Waals surface area contributed by atoms with Gasteiger partial charge in [0.05, 0.1) is 10.9 Å². The number of benzene rings is 1. The van der Waals surface area contributed by atoms with Crippen molar-refractivity contribution < 1.29 is 0 Å². The summed E-state index contributed by atoms with van der Waals surface area (Å²) in [7, 11) is 0. The Morgan fingerprint density at radius 3 is 2.42 bits per heavy atom. The van der Waals surface area contributed by atoms with Crippen LogP contribution < -0.4 is 5.56 Å². The molecule has 0 spiro atoms. The first kappa shape index (κ1) is 20.6. The predicted octanol–water partition coefficient (Wildman–Crippen LogP) is 6.45. The number of allylic oxidation sites excluding steroid dienone is 3. The van der Waals surface area contributed by atoms with E-state index in [1.54, 1.807) is 0 Å². The van der Waals surface area contributed by atoms with Crippen molar-refractivity contribution in [3.8, 4) is 0 Å². The monoisotopic (exact) mass is 416 g/mol. The van der Waals surface area contributed by atoms with E-state index in [2.05, 4.69) is 66.7 Å². The van der Waals surface area contributed by atoms with Crippen molar-refractivity contribution in [3.63, 3.8) is 0 Å². The van der Waals surface area contributed by atoms with Crippen LogP contribution in [-0.4, -0.2) is 9.55 Å². The minimum Gasteiger partial charge on any atom is -0.297 e. The normalized spacial score (nSPS) is 18.5. The molecule has 1 aromatic heterocycles. The molecule has 0 radical (unpaired) electrons. The van der Waals surface area contributed by atoms with Gasteiger partial charge in [-0.3, -0.25) is 9.36 Å². The van der Waals surface area contributed by atoms with Crippen LogP contribution in [0.1, 0.15) is 66.1 Å². The van der Waals surface area contributed by atoms with E-state index < -0.39 is 0 Å². The number of unbranched alkanes of at least 4 members (excludes halogenated alkanes) is 2. The standard InChI is InChI=1S/C17H17BrN2O.C5H12/c1-5-12-10(3)17(4,6-2)16-19-15(21)14-11(18)8-7-9-13(14)20(12)16;1-3-5-4-2/h5,7-9H,1,6H2,2-4H3;3-5H2,1-2H3. The molecule has 1 aliphatic heterocycles. The van der Waals surface area contributed by atoms with E-state index in [0.29, 0.717) is 5.39 Å². The van der Waals surface area contributed by atoms with E-state index in [1.165, 1.54) is 24.8 Å². The molecule has 0 aliphatic carbocycles. The fraction of sp³-hybridized carbons (Fsp3) is 0.455. The van der Waals surface area contributed by atoms with Gasteiger partial charge in [-0.05, 0) is 60.0 Å². The number of fused-ring (bicyclic) bond motifs is 3. The second-order valence-corrected chi connectivity index (χ2v) is 7.82. The number of hydrogen-bond acceptors (Lipinski definition) is 2. The van der Waals surface area contributed by atoms with Crippen LogP contribution in [0.3, 0.4) is 0 Å². The molecule has 2 aromatic rings. The summed E-state index contributed by atoms with van der Waals surface area (Å²) >= 11 is 3.46. The molecule has 0 saturated carbocycles. The van der Waals surface area contributed by atoms with E-state index in [0.717, 1.165) is 27.9 Å². The van der Waals surface area contributed by atoms with Crippen LogP contribution in [0.5, 0.6) is 0 Å². The Labute approximate surface area is 165 Å². The molecule has 26 heavy (non-hydrogen) atoms. The van der Waals surface area contributed by atoms with E-state index in [9.17, 15) is 4.79 Å². The van der Waals surface area contributed by atoms with Gasteiger partial charge in [0.15, 0.2) is 0 Å². The Morgan fingerprint density at radius 1 is 1.27 bits per heavy atom. The van der Waals surface area contributed by atoms with Crippen LogP contribution in [-0.2, 0) is 5.41 Å². The summed E-state index contributed by atoms with van der Waals surface area (Å²) in [4.78, 5) is 16.9. The molecule has 3 rings (SSSR count). The molecule has 3 nitrogen and oxygen atoms in total. The first-order chi connectivity index (χ1) is 12.4. The first-order valence-corrected chi connectivity index (χ1v) is 10.2. The zero-order valence-electron chi connectivity index (χ0n) is 16.5. The van der Waals surface area contributed by atoms with Crippen molar-refractivity contribution in [2.75, 3.05) is 0 Å². The van der Waals surface area contributed by atoms with Crippen molar-refractivity contribution in [2.45, 2.75) is 65.7 Å². The van der Waals surface area contributed by atoms with Gasteiger partial charge in [0.2, 0.25) is 0 Å². The highest BCUT2D eigenvalue weighted by molar-refractivity contribution is 9.10. The van der Waals surface area contributed by atoms with Gasteiger partial charge in [0, 0.05) is 15.6 Å². The summed E-state index contributed by atoms with van der Waals surface area (Å²) in [6.07, 6.45) is 6.82. The lowest BCUT2D eigenvalue weighted by Gasteiger charge is -2.24. The number of rotatable bonds is 4. The van der Waals surface area contributed by atoms with Crippen LogP contribution in [0.4, 0.5) is 0 Å². The lowest BCUT2D eigenvalue weighted by atomic mass is 9.81. The van der Waals surface area contributed by atoms with Gasteiger partial charge in [-0.2, -0.15) is 4.98 Å². The number of halogens is 1. The summed E-state index contributed by atoms with van der Waals surface area (Å²) in [6.45, 7) is 14.7. The molecule has 4 heteroatoms. The second kappa shape index (κ2) is 8.34. The van der Waals surface area contributed by atoms with Crippen molar-refractivity contribution in [1.29, 1.82) is 0 Å². The quantitative estimate of drug-likeness (QED) is 0.573. The molecule has 1 aromatic carbocycles. The molecule has 1 unspecified atom stereocenters. The first-order valence-electron chi connectivity index (χ1n) is 9.43. The highest BCUT2D eigenvalue weighted by Gasteiger charge is 2.39. The average molecular weight is 417 g/mol. The smallest absolute Gasteiger partial charge is 0.281 e. The van der Waals surface area contributed by atoms with Crippen LogP contribution >= 0.6 is 15.9 Å². The minimum absolute atomic E-state index is 0.179. The van der Waals surface area contributed by atoms with Crippen LogP contribution in [0, 0.1) is 0 Å². The molecule has 1 atom stereocenters. The molecule has 0 amide bonds. The lowest BCUT2D eigenvalue weighted by Crippen LogP contribution is -2.27. The van der Waals surface area contributed by atoms with Gasteiger partial charge in [-0.25, -0.2) is 0 Å². The van der Waals surface area contributed by atoms with Crippen molar-refractivity contribution >= 4 is 32.5 Å². The summed E-state index contributed by atoms with van der Waals surface area (Å²) < 4.78 is 2.85. The van der Waals surface area contributed by atoms with Gasteiger partial charge in [-0.1, -0.05) is 52.7 Å². The highest BCUT2D eigenvalue weighted by atomic mass is 79.9. The summed E-state index contributed by atoms with van der Waals surface area (Å²) in [5, 5.41) is 0.619. The number of aromatic nitrogens is 2. The van der Waals surface area contributed by atoms with Crippen molar-refractivity contribution in [3.05, 3.63) is 57.1 Å². The number of hydrogen-bond donors (Lipinski definition) is 0. The van der Waals surface area contributed by atoms with Gasteiger partial charge < -0.3 is 0 Å². The van der Waals surface area contributed by atoms with E-state index in [-0.39, 0.29) is 11.0 Å². The van der Waals surface area contributed by atoms with E-state index in [4.69, 9.17) is 0 Å². The third kappa shape index (κ3) is 3.32. The SMILES string of the molecule is C=CC1=C(C)C(C)(CC)c2nc(=O)c3c(Br)cccc3n21.CCCCC. The van der Waals surface area contributed by atoms with E-state index >= 15 is 0 Å². The Balaban J connectivity index is 0.000000431. The molecule has 0 saturated heterocycles. The summed E-state index contributed by atoms with van der Waals surface area (Å²) in [5.74, 6) is 0.813. The van der Waals surface area contributed by atoms with Crippen LogP contribution in [0.15, 0.2) is 45.7 Å². The highest BCUT2D eigenvalue weighted by Crippen LogP contribution is 2.44.